The number of fused-ring (bicyclic) bond motifs is 4. The Morgan fingerprint density at radius 1 is 0.837 bits per heavy atom. The summed E-state index contributed by atoms with van der Waals surface area (Å²) in [5.41, 5.74) is 0.858. The molecule has 4 aliphatic rings. The number of hydrogen-bond acceptors (Lipinski definition) is 5. The predicted octanol–water partition coefficient (Wildman–Crippen LogP) is 6.27. The van der Waals surface area contributed by atoms with Gasteiger partial charge in [0, 0.05) is 10.9 Å². The van der Waals surface area contributed by atoms with Crippen molar-refractivity contribution >= 4 is 58.2 Å². The van der Waals surface area contributed by atoms with Crippen molar-refractivity contribution in [2.75, 3.05) is 9.80 Å². The van der Waals surface area contributed by atoms with E-state index in [9.17, 15) is 28.7 Å². The highest BCUT2D eigenvalue weighted by atomic mass is 35.5. The minimum absolute atomic E-state index is 0.0436. The Kier molecular flexibility index (Phi) is 6.31. The van der Waals surface area contributed by atoms with Crippen molar-refractivity contribution in [2.24, 2.45) is 29.1 Å². The van der Waals surface area contributed by atoms with Gasteiger partial charge >= 0.3 is 0 Å². The van der Waals surface area contributed by atoms with Crippen LogP contribution in [0.4, 0.5) is 15.8 Å². The summed E-state index contributed by atoms with van der Waals surface area (Å²) in [6.45, 7) is 1.76. The van der Waals surface area contributed by atoms with Crippen molar-refractivity contribution in [3.63, 3.8) is 0 Å². The maximum atomic E-state index is 14.4. The Bertz CT molecular complexity index is 1760. The number of carbonyl (C=O) groups excluding carboxylic acids is 4. The standard InChI is InChI=1S/C33H25Cl2FN2O5/c1-33-24(30(41)38(32(33)43)19-8-13-26(36)25(35)14-19)15-23-21(28(33)16-2-9-20(39)10-3-16)11-12-22-27(23)31(42)37(29(22)40)18-6-4-17(34)5-7-18/h2-11,13-14,22-24,27-28,39H,12,15H2,1H3. The lowest BCUT2D eigenvalue weighted by atomic mass is 9.51. The van der Waals surface area contributed by atoms with Crippen molar-refractivity contribution in [2.45, 2.75) is 25.7 Å². The lowest BCUT2D eigenvalue weighted by Crippen LogP contribution is -2.48. The van der Waals surface area contributed by atoms with E-state index in [0.29, 0.717) is 22.7 Å². The molecule has 3 aromatic carbocycles. The molecule has 0 bridgehead atoms. The molecule has 3 fully saturated rings. The highest BCUT2D eigenvalue weighted by molar-refractivity contribution is 6.32. The van der Waals surface area contributed by atoms with Crippen LogP contribution in [0.2, 0.25) is 10.0 Å². The first-order valence-electron chi connectivity index (χ1n) is 14.0. The molecular weight excluding hydrogens is 594 g/mol. The summed E-state index contributed by atoms with van der Waals surface area (Å²) >= 11 is 12.1. The quantitative estimate of drug-likeness (QED) is 0.276. The Balaban J connectivity index is 1.35. The Hall–Kier alpha value is -4.01. The second-order valence-corrected chi connectivity index (χ2v) is 12.7. The fraction of sp³-hybridized carbons (Fsp3) is 0.273. The van der Waals surface area contributed by atoms with Gasteiger partial charge in [-0.05, 0) is 85.8 Å². The molecular formula is C33H25Cl2FN2O5. The van der Waals surface area contributed by atoms with Crippen LogP contribution in [-0.4, -0.2) is 28.7 Å². The first-order chi connectivity index (χ1) is 20.5. The van der Waals surface area contributed by atoms with Crippen LogP contribution >= 0.6 is 23.2 Å². The average Bonchev–Trinajstić information content (AvgIpc) is 3.35. The molecule has 7 nitrogen and oxygen atoms in total. The van der Waals surface area contributed by atoms with Crippen LogP contribution in [0.3, 0.4) is 0 Å². The highest BCUT2D eigenvalue weighted by Crippen LogP contribution is 2.63. The summed E-state index contributed by atoms with van der Waals surface area (Å²) in [4.78, 5) is 58.5. The summed E-state index contributed by atoms with van der Waals surface area (Å²) in [7, 11) is 0. The zero-order chi connectivity index (χ0) is 30.4. The molecule has 2 aliphatic carbocycles. The zero-order valence-corrected chi connectivity index (χ0v) is 24.3. The largest absolute Gasteiger partial charge is 0.508 e. The van der Waals surface area contributed by atoms with E-state index in [-0.39, 0.29) is 34.7 Å². The molecule has 7 rings (SSSR count). The first kappa shape index (κ1) is 27.8. The third-order valence-corrected chi connectivity index (χ3v) is 10.3. The number of imide groups is 2. The van der Waals surface area contributed by atoms with E-state index in [4.69, 9.17) is 23.2 Å². The maximum Gasteiger partial charge on any atom is 0.241 e. The lowest BCUT2D eigenvalue weighted by Gasteiger charge is -2.49. The average molecular weight is 619 g/mol. The molecule has 2 aliphatic heterocycles. The number of phenolic OH excluding ortho intramolecular Hbond substituents is 1. The maximum absolute atomic E-state index is 14.4. The fourth-order valence-corrected chi connectivity index (χ4v) is 8.08. The van der Waals surface area contributed by atoms with Crippen LogP contribution in [0.25, 0.3) is 0 Å². The molecule has 4 amide bonds. The summed E-state index contributed by atoms with van der Waals surface area (Å²) in [5, 5.41) is 10.3. The van der Waals surface area contributed by atoms with E-state index in [0.717, 1.165) is 16.5 Å². The molecule has 3 aromatic rings. The van der Waals surface area contributed by atoms with Gasteiger partial charge in [-0.2, -0.15) is 0 Å². The van der Waals surface area contributed by atoms with Gasteiger partial charge in [0.15, 0.2) is 0 Å². The van der Waals surface area contributed by atoms with Gasteiger partial charge in [-0.1, -0.05) is 47.0 Å². The fourth-order valence-electron chi connectivity index (χ4n) is 7.78. The van der Waals surface area contributed by atoms with Crippen LogP contribution in [0.1, 0.15) is 31.2 Å². The molecule has 2 saturated heterocycles. The van der Waals surface area contributed by atoms with Crippen molar-refractivity contribution in [1.82, 2.24) is 0 Å². The summed E-state index contributed by atoms with van der Waals surface area (Å²) in [6, 6.07) is 16.7. The smallest absolute Gasteiger partial charge is 0.241 e. The molecule has 0 radical (unpaired) electrons. The summed E-state index contributed by atoms with van der Waals surface area (Å²) < 4.78 is 14.0. The SMILES string of the molecule is CC12C(=O)N(c3ccc(F)c(Cl)c3)C(=O)C1CC1C(=CCC3C(=O)N(c4ccc(Cl)cc4)C(=O)C31)C2c1ccc(O)cc1. The van der Waals surface area contributed by atoms with Crippen LogP contribution in [-0.2, 0) is 19.2 Å². The van der Waals surface area contributed by atoms with E-state index in [1.807, 2.05) is 6.08 Å². The second kappa shape index (κ2) is 9.76. The van der Waals surface area contributed by atoms with Gasteiger partial charge < -0.3 is 5.11 Å². The monoisotopic (exact) mass is 618 g/mol. The summed E-state index contributed by atoms with van der Waals surface area (Å²) in [6.07, 6.45) is 2.44. The van der Waals surface area contributed by atoms with Gasteiger partial charge in [-0.3, -0.25) is 24.1 Å². The van der Waals surface area contributed by atoms with E-state index in [2.05, 4.69) is 0 Å². The van der Waals surface area contributed by atoms with Gasteiger partial charge in [-0.15, -0.1) is 0 Å². The van der Waals surface area contributed by atoms with Crippen LogP contribution in [0.15, 0.2) is 78.4 Å². The number of rotatable bonds is 3. The van der Waals surface area contributed by atoms with Gasteiger partial charge in [0.25, 0.3) is 0 Å². The highest BCUT2D eigenvalue weighted by Gasteiger charge is 2.67. The Labute approximate surface area is 256 Å². The molecule has 218 valence electrons. The van der Waals surface area contributed by atoms with Gasteiger partial charge in [0.2, 0.25) is 23.6 Å². The molecule has 6 atom stereocenters. The van der Waals surface area contributed by atoms with E-state index < -0.39 is 52.6 Å². The normalized spacial score (nSPS) is 29.9. The van der Waals surface area contributed by atoms with Crippen LogP contribution in [0, 0.1) is 34.9 Å². The molecule has 6 unspecified atom stereocenters. The predicted molar refractivity (Wildman–Crippen MR) is 158 cm³/mol. The minimum atomic E-state index is -1.26. The molecule has 0 spiro atoms. The molecule has 43 heavy (non-hydrogen) atoms. The number of carbonyl (C=O) groups is 4. The lowest BCUT2D eigenvalue weighted by molar-refractivity contribution is -0.131. The number of amides is 4. The van der Waals surface area contributed by atoms with Crippen molar-refractivity contribution in [3.8, 4) is 5.75 Å². The van der Waals surface area contributed by atoms with Crippen molar-refractivity contribution in [1.29, 1.82) is 0 Å². The number of anilines is 2. The van der Waals surface area contributed by atoms with Crippen molar-refractivity contribution < 1.29 is 28.7 Å². The molecule has 2 heterocycles. The third-order valence-electron chi connectivity index (χ3n) is 9.75. The number of nitrogens with zero attached hydrogens (tertiary/aromatic N) is 2. The number of phenols is 1. The summed E-state index contributed by atoms with van der Waals surface area (Å²) in [5.74, 6) is -5.48. The van der Waals surface area contributed by atoms with Gasteiger partial charge in [0.05, 0.1) is 39.6 Å². The number of hydrogen-bond donors (Lipinski definition) is 1. The third kappa shape index (κ3) is 3.92. The number of halogens is 3. The molecule has 1 saturated carbocycles. The molecule has 0 aromatic heterocycles. The van der Waals surface area contributed by atoms with E-state index in [1.165, 1.54) is 29.2 Å². The van der Waals surface area contributed by atoms with E-state index >= 15 is 0 Å². The molecule has 1 N–H and O–H groups in total. The van der Waals surface area contributed by atoms with Gasteiger partial charge in [0.1, 0.15) is 11.6 Å². The topological polar surface area (TPSA) is 95.0 Å². The van der Waals surface area contributed by atoms with Crippen molar-refractivity contribution in [3.05, 3.63) is 99.8 Å². The number of aromatic hydroxyl groups is 1. The molecule has 10 heteroatoms. The first-order valence-corrected chi connectivity index (χ1v) is 14.7. The minimum Gasteiger partial charge on any atom is -0.508 e. The Morgan fingerprint density at radius 2 is 1.51 bits per heavy atom. The second-order valence-electron chi connectivity index (χ2n) is 11.8. The number of benzene rings is 3. The number of allylic oxidation sites excluding steroid dienone is 2. The van der Waals surface area contributed by atoms with Crippen LogP contribution < -0.4 is 9.80 Å². The zero-order valence-electron chi connectivity index (χ0n) is 22.8. The van der Waals surface area contributed by atoms with E-state index in [1.54, 1.807) is 43.3 Å². The Morgan fingerprint density at radius 3 is 2.19 bits per heavy atom. The van der Waals surface area contributed by atoms with Gasteiger partial charge in [-0.25, -0.2) is 9.29 Å². The van der Waals surface area contributed by atoms with Crippen LogP contribution in [0.5, 0.6) is 5.75 Å².